The van der Waals surface area contributed by atoms with Gasteiger partial charge in [-0.2, -0.15) is 0 Å². The summed E-state index contributed by atoms with van der Waals surface area (Å²) in [4.78, 5) is 61.5. The Morgan fingerprint density at radius 2 is 1.83 bits per heavy atom. The van der Waals surface area contributed by atoms with Crippen LogP contribution in [0.1, 0.15) is 57.4 Å². The molecule has 1 aromatic rings. The molecule has 3 fully saturated rings. The molecule has 3 heterocycles. The standard InChI is InChI=1S/C30H39ClN4O6/c1-3-4-6-18-14-34(16-23-25(18)32-26(33-27(23)37)17-9-11-19(31)12-10-17)29(39)24-13-20(36)15-35(24)28(38)21-7-5-8-22(21)30(40)41-2/h9-12,18,20-25,36H,3-8,13-16H2,1-2H3,(H,32,33,37)/t18?,20-,21-,22+,23?,24+,25?/m1/s1. The number of aliphatic hydroxyl groups excluding tert-OH is 1. The summed E-state index contributed by atoms with van der Waals surface area (Å²) in [6, 6.07) is 6.07. The number of amides is 3. The number of nitrogens with one attached hydrogen (secondary N) is 1. The van der Waals surface area contributed by atoms with Crippen LogP contribution in [-0.4, -0.2) is 89.4 Å². The third-order valence-electron chi connectivity index (χ3n) is 9.17. The molecule has 0 aromatic heterocycles. The van der Waals surface area contributed by atoms with E-state index in [-0.39, 0.29) is 49.2 Å². The Labute approximate surface area is 245 Å². The molecule has 1 aromatic carbocycles. The number of nitrogens with zero attached hydrogens (tertiary/aromatic N) is 3. The Bertz CT molecular complexity index is 1210. The number of carbonyl (C=O) groups is 4. The fourth-order valence-electron chi connectivity index (χ4n) is 7.03. The van der Waals surface area contributed by atoms with Crippen LogP contribution in [0.5, 0.6) is 0 Å². The van der Waals surface area contributed by atoms with Gasteiger partial charge in [0.15, 0.2) is 0 Å². The van der Waals surface area contributed by atoms with Crippen LogP contribution in [0.15, 0.2) is 29.3 Å². The van der Waals surface area contributed by atoms with Crippen molar-refractivity contribution >= 4 is 41.1 Å². The molecule has 5 rings (SSSR count). The molecule has 222 valence electrons. The van der Waals surface area contributed by atoms with Gasteiger partial charge in [0.2, 0.25) is 17.7 Å². The van der Waals surface area contributed by atoms with Gasteiger partial charge in [-0.1, -0.05) is 37.8 Å². The van der Waals surface area contributed by atoms with E-state index in [4.69, 9.17) is 21.3 Å². The van der Waals surface area contributed by atoms with Crippen LogP contribution in [-0.2, 0) is 23.9 Å². The van der Waals surface area contributed by atoms with Gasteiger partial charge in [0.1, 0.15) is 11.9 Å². The highest BCUT2D eigenvalue weighted by atomic mass is 35.5. The van der Waals surface area contributed by atoms with Crippen LogP contribution in [0, 0.1) is 23.7 Å². The van der Waals surface area contributed by atoms with Crippen molar-refractivity contribution in [3.8, 4) is 0 Å². The largest absolute Gasteiger partial charge is 0.469 e. The fraction of sp³-hybridized carbons (Fsp3) is 0.633. The van der Waals surface area contributed by atoms with Gasteiger partial charge in [-0.25, -0.2) is 0 Å². The molecule has 2 saturated heterocycles. The quantitative estimate of drug-likeness (QED) is 0.472. The van der Waals surface area contributed by atoms with E-state index in [1.54, 1.807) is 17.0 Å². The van der Waals surface area contributed by atoms with Crippen LogP contribution >= 0.6 is 11.6 Å². The molecule has 3 amide bonds. The number of aliphatic hydroxyl groups is 1. The number of aliphatic imine (C=N–C) groups is 1. The minimum Gasteiger partial charge on any atom is -0.469 e. The molecule has 3 aliphatic heterocycles. The first-order chi connectivity index (χ1) is 19.7. The van der Waals surface area contributed by atoms with Crippen molar-refractivity contribution in [2.45, 2.75) is 70.1 Å². The summed E-state index contributed by atoms with van der Waals surface area (Å²) in [5.41, 5.74) is 0.778. The van der Waals surface area contributed by atoms with E-state index in [2.05, 4.69) is 12.2 Å². The SMILES string of the molecule is CCCCC1CN(C(=O)[C@@H]2C[C@@H](O)CN2C(=O)[C@@H]2CCC[C@@H]2C(=O)OC)CC2C(=O)NC(c3ccc(Cl)cc3)=NC12. The Kier molecular flexibility index (Phi) is 8.99. The zero-order valence-electron chi connectivity index (χ0n) is 23.6. The molecule has 7 atom stereocenters. The van der Waals surface area contributed by atoms with Crippen molar-refractivity contribution in [1.29, 1.82) is 0 Å². The number of halogens is 1. The van der Waals surface area contributed by atoms with Gasteiger partial charge in [0, 0.05) is 36.6 Å². The molecule has 41 heavy (non-hydrogen) atoms. The maximum Gasteiger partial charge on any atom is 0.309 e. The predicted octanol–water partition coefficient (Wildman–Crippen LogP) is 2.40. The van der Waals surface area contributed by atoms with Crippen LogP contribution in [0.2, 0.25) is 5.02 Å². The van der Waals surface area contributed by atoms with E-state index in [1.165, 1.54) is 12.0 Å². The molecule has 10 nitrogen and oxygen atoms in total. The third-order valence-corrected chi connectivity index (χ3v) is 9.42. The zero-order chi connectivity index (χ0) is 29.3. The van der Waals surface area contributed by atoms with Gasteiger partial charge in [-0.15, -0.1) is 0 Å². The number of methoxy groups -OCH3 is 1. The molecule has 2 N–H and O–H groups in total. The molecule has 3 unspecified atom stereocenters. The van der Waals surface area contributed by atoms with Crippen LogP contribution in [0.4, 0.5) is 0 Å². The highest BCUT2D eigenvalue weighted by Gasteiger charge is 2.50. The lowest BCUT2D eigenvalue weighted by atomic mass is 9.79. The monoisotopic (exact) mass is 586 g/mol. The summed E-state index contributed by atoms with van der Waals surface area (Å²) in [6.07, 6.45) is 3.87. The first kappa shape index (κ1) is 29.5. The number of hydrogen-bond donors (Lipinski definition) is 2. The lowest BCUT2D eigenvalue weighted by molar-refractivity contribution is -0.154. The maximum absolute atomic E-state index is 14.0. The van der Waals surface area contributed by atoms with Crippen molar-refractivity contribution in [3.05, 3.63) is 34.9 Å². The number of benzene rings is 1. The van der Waals surface area contributed by atoms with Gasteiger partial charge in [0.25, 0.3) is 0 Å². The fourth-order valence-corrected chi connectivity index (χ4v) is 7.16. The normalized spacial score (nSPS) is 31.4. The second-order valence-corrected chi connectivity index (χ2v) is 12.2. The molecular formula is C30H39ClN4O6. The highest BCUT2D eigenvalue weighted by molar-refractivity contribution is 6.30. The van der Waals surface area contributed by atoms with Gasteiger partial charge in [-0.05, 0) is 49.4 Å². The van der Waals surface area contributed by atoms with Gasteiger partial charge in [0.05, 0.1) is 37.0 Å². The highest BCUT2D eigenvalue weighted by Crippen LogP contribution is 2.37. The summed E-state index contributed by atoms with van der Waals surface area (Å²) < 4.78 is 4.92. The molecule has 0 spiro atoms. The lowest BCUT2D eigenvalue weighted by Crippen LogP contribution is -2.61. The molecule has 11 heteroatoms. The van der Waals surface area contributed by atoms with Crippen molar-refractivity contribution in [2.75, 3.05) is 26.7 Å². The number of likely N-dealkylation sites (tertiary alicyclic amines) is 2. The van der Waals surface area contributed by atoms with Crippen molar-refractivity contribution in [1.82, 2.24) is 15.1 Å². The summed E-state index contributed by atoms with van der Waals surface area (Å²) in [5, 5.41) is 14.1. The van der Waals surface area contributed by atoms with Crippen molar-refractivity contribution in [2.24, 2.45) is 28.7 Å². The van der Waals surface area contributed by atoms with E-state index in [0.717, 1.165) is 31.2 Å². The molecule has 1 saturated carbocycles. The van der Waals surface area contributed by atoms with Crippen LogP contribution in [0.3, 0.4) is 0 Å². The smallest absolute Gasteiger partial charge is 0.309 e. The number of fused-ring (bicyclic) bond motifs is 1. The minimum absolute atomic E-state index is 0.0278. The number of amidine groups is 1. The second kappa shape index (κ2) is 12.5. The number of hydrogen-bond acceptors (Lipinski definition) is 7. The first-order valence-electron chi connectivity index (χ1n) is 14.7. The van der Waals surface area contributed by atoms with E-state index in [9.17, 15) is 24.3 Å². The summed E-state index contributed by atoms with van der Waals surface area (Å²) in [7, 11) is 1.32. The number of ether oxygens (including phenoxy) is 1. The van der Waals surface area contributed by atoms with E-state index >= 15 is 0 Å². The zero-order valence-corrected chi connectivity index (χ0v) is 24.4. The van der Waals surface area contributed by atoms with E-state index in [1.807, 2.05) is 12.1 Å². The summed E-state index contributed by atoms with van der Waals surface area (Å²) >= 11 is 6.05. The number of β-amino-alcohol motifs (C(OH)–C–C–N with tert-alkyl or cyclic N) is 1. The van der Waals surface area contributed by atoms with E-state index < -0.39 is 35.9 Å². The Hall–Kier alpha value is -2.98. The third kappa shape index (κ3) is 6.00. The first-order valence-corrected chi connectivity index (χ1v) is 15.1. The van der Waals surface area contributed by atoms with Gasteiger partial charge >= 0.3 is 5.97 Å². The summed E-state index contributed by atoms with van der Waals surface area (Å²) in [6.45, 7) is 2.77. The maximum atomic E-state index is 14.0. The van der Waals surface area contributed by atoms with Gasteiger partial charge < -0.3 is 25.0 Å². The number of carbonyl (C=O) groups excluding carboxylic acids is 4. The average Bonchev–Trinajstić information content (AvgIpc) is 3.62. The predicted molar refractivity (Wildman–Crippen MR) is 152 cm³/mol. The Morgan fingerprint density at radius 1 is 1.10 bits per heavy atom. The van der Waals surface area contributed by atoms with Crippen molar-refractivity contribution in [3.63, 3.8) is 0 Å². The number of piperidine rings is 1. The topological polar surface area (TPSA) is 129 Å². The molecule has 0 radical (unpaired) electrons. The number of esters is 1. The lowest BCUT2D eigenvalue weighted by Gasteiger charge is -2.45. The van der Waals surface area contributed by atoms with Crippen LogP contribution in [0.25, 0.3) is 0 Å². The second-order valence-electron chi connectivity index (χ2n) is 11.8. The Morgan fingerprint density at radius 3 is 2.54 bits per heavy atom. The molecular weight excluding hydrogens is 548 g/mol. The van der Waals surface area contributed by atoms with Gasteiger partial charge in [-0.3, -0.25) is 24.2 Å². The minimum atomic E-state index is -0.834. The Balaban J connectivity index is 1.36. The molecule has 0 bridgehead atoms. The van der Waals surface area contributed by atoms with Crippen LogP contribution < -0.4 is 5.32 Å². The van der Waals surface area contributed by atoms with E-state index in [0.29, 0.717) is 30.2 Å². The van der Waals surface area contributed by atoms with Crippen molar-refractivity contribution < 1.29 is 29.0 Å². The summed E-state index contributed by atoms with van der Waals surface area (Å²) in [5.74, 6) is -2.25. The average molecular weight is 587 g/mol. The molecule has 4 aliphatic rings. The number of rotatable bonds is 7. The molecule has 1 aliphatic carbocycles. The number of unbranched alkanes of at least 4 members (excludes halogenated alkanes) is 1.